The lowest BCUT2D eigenvalue weighted by molar-refractivity contribution is -0.160. The molecule has 9 nitrogen and oxygen atoms in total. The molecule has 2 saturated heterocycles. The number of nitrogens with zero attached hydrogens (tertiary/aromatic N) is 5. The number of likely N-dealkylation sites (tertiary alicyclic amines) is 1. The van der Waals surface area contributed by atoms with E-state index in [0.29, 0.717) is 22.5 Å². The van der Waals surface area contributed by atoms with Crippen molar-refractivity contribution < 1.29 is 14.6 Å². The number of nitrogens with one attached hydrogen (secondary N) is 1. The molecule has 0 aliphatic carbocycles. The van der Waals surface area contributed by atoms with Crippen LogP contribution in [0, 0.1) is 6.92 Å². The second kappa shape index (κ2) is 14.0. The average molecular weight is 715 g/mol. The number of carboxylic acid groups (broad SMARTS) is 1. The Hall–Kier alpha value is -3.38. The molecule has 4 heterocycles. The zero-order chi connectivity index (χ0) is 35.3. The van der Waals surface area contributed by atoms with E-state index in [1.807, 2.05) is 58.0 Å². The van der Waals surface area contributed by atoms with E-state index in [-0.39, 0.29) is 0 Å². The van der Waals surface area contributed by atoms with E-state index in [0.717, 1.165) is 95.1 Å². The van der Waals surface area contributed by atoms with Crippen molar-refractivity contribution in [1.82, 2.24) is 29.9 Å². The van der Waals surface area contributed by atoms with Gasteiger partial charge in [-0.15, -0.1) is 11.3 Å². The summed E-state index contributed by atoms with van der Waals surface area (Å²) in [6.07, 6.45) is 1.06. The average Bonchev–Trinajstić information content (AvgIpc) is 3.63. The van der Waals surface area contributed by atoms with Crippen molar-refractivity contribution in [1.29, 1.82) is 0 Å². The Kier molecular flexibility index (Phi) is 9.79. The van der Waals surface area contributed by atoms with Crippen molar-refractivity contribution in [3.63, 3.8) is 0 Å². The van der Waals surface area contributed by atoms with Crippen LogP contribution in [-0.2, 0) is 16.1 Å². The van der Waals surface area contributed by atoms with Gasteiger partial charge >= 0.3 is 5.97 Å². The molecule has 1 atom stereocenters. The van der Waals surface area contributed by atoms with Crippen molar-refractivity contribution in [2.45, 2.75) is 70.7 Å². The van der Waals surface area contributed by atoms with Crippen molar-refractivity contribution >= 4 is 50.0 Å². The standard InChI is InChI=1S/C39H47ClN6O3S/c1-23-19-30-36(33(24-7-10-27(40)11-8-24)32(23)35(38(47)48)49-39(2,3)4)50-37(42-30)26-9-12-31-29(20-26)34(43-46(31)18-17-44(5)6)25-13-15-45(16-14-25)28-21-41-22-28/h7-12,19-20,25,28,35,41H,13-18,21-22H2,1-6H3,(H,47,48)/t35-/m0/s1. The number of likely N-dealkylation sites (N-methyl/N-ethyl adjacent to an activating group) is 1. The van der Waals surface area contributed by atoms with Crippen LogP contribution in [0.25, 0.3) is 42.8 Å². The zero-order valence-corrected chi connectivity index (χ0v) is 31.4. The monoisotopic (exact) mass is 714 g/mol. The lowest BCUT2D eigenvalue weighted by Crippen LogP contribution is -2.58. The zero-order valence-electron chi connectivity index (χ0n) is 29.8. The molecule has 0 radical (unpaired) electrons. The number of hydrogen-bond acceptors (Lipinski definition) is 8. The van der Waals surface area contributed by atoms with Gasteiger partial charge in [0, 0.05) is 58.7 Å². The summed E-state index contributed by atoms with van der Waals surface area (Å²) < 4.78 is 9.33. The lowest BCUT2D eigenvalue weighted by atomic mass is 9.90. The second-order valence-corrected chi connectivity index (χ2v) is 16.5. The number of aliphatic carboxylic acids is 1. The van der Waals surface area contributed by atoms with Gasteiger partial charge in [-0.25, -0.2) is 9.78 Å². The number of rotatable bonds is 10. The van der Waals surface area contributed by atoms with E-state index in [2.05, 4.69) is 52.1 Å². The van der Waals surface area contributed by atoms with E-state index in [1.165, 1.54) is 11.1 Å². The lowest BCUT2D eigenvalue weighted by Gasteiger charge is -2.42. The number of thiazole rings is 1. The van der Waals surface area contributed by atoms with Crippen molar-refractivity contribution in [2.24, 2.45) is 0 Å². The van der Waals surface area contributed by atoms with Crippen LogP contribution in [-0.4, -0.2) is 94.1 Å². The predicted molar refractivity (Wildman–Crippen MR) is 204 cm³/mol. The van der Waals surface area contributed by atoms with Crippen LogP contribution >= 0.6 is 22.9 Å². The number of piperidine rings is 1. The Labute approximate surface area is 303 Å². The number of carboxylic acids is 1. The van der Waals surface area contributed by atoms with Crippen molar-refractivity contribution in [2.75, 3.05) is 46.8 Å². The largest absolute Gasteiger partial charge is 0.479 e. The summed E-state index contributed by atoms with van der Waals surface area (Å²) in [5.74, 6) is -0.618. The number of aryl methyl sites for hydroxylation is 1. The predicted octanol–water partition coefficient (Wildman–Crippen LogP) is 7.60. The molecule has 2 aliphatic heterocycles. The Morgan fingerprint density at radius 1 is 1.10 bits per heavy atom. The summed E-state index contributed by atoms with van der Waals surface area (Å²) in [5.41, 5.74) is 6.70. The maximum atomic E-state index is 12.8. The fourth-order valence-electron chi connectivity index (χ4n) is 7.34. The maximum Gasteiger partial charge on any atom is 0.337 e. The minimum atomic E-state index is -1.16. The Morgan fingerprint density at radius 2 is 1.80 bits per heavy atom. The summed E-state index contributed by atoms with van der Waals surface area (Å²) >= 11 is 7.90. The number of benzene rings is 3. The van der Waals surface area contributed by atoms with Gasteiger partial charge in [-0.2, -0.15) is 5.10 Å². The van der Waals surface area contributed by atoms with Gasteiger partial charge in [-0.3, -0.25) is 9.58 Å². The van der Waals surface area contributed by atoms with E-state index in [9.17, 15) is 9.90 Å². The third-order valence-electron chi connectivity index (χ3n) is 10.00. The smallest absolute Gasteiger partial charge is 0.337 e. The first-order chi connectivity index (χ1) is 23.9. The van der Waals surface area contributed by atoms with Crippen LogP contribution in [0.4, 0.5) is 0 Å². The van der Waals surface area contributed by atoms with Gasteiger partial charge in [-0.1, -0.05) is 23.7 Å². The number of carbonyl (C=O) groups is 1. The molecular weight excluding hydrogens is 668 g/mol. The fraction of sp³-hybridized carbons (Fsp3) is 0.462. The Bertz CT molecular complexity index is 2020. The van der Waals surface area contributed by atoms with Crippen LogP contribution in [0.3, 0.4) is 0 Å². The molecular formula is C39H47ClN6O3S. The van der Waals surface area contributed by atoms with Crippen LogP contribution in [0.1, 0.15) is 62.5 Å². The van der Waals surface area contributed by atoms with E-state index < -0.39 is 17.7 Å². The van der Waals surface area contributed by atoms with Gasteiger partial charge < -0.3 is 20.1 Å². The Morgan fingerprint density at radius 3 is 2.42 bits per heavy atom. The fourth-order valence-corrected chi connectivity index (χ4v) is 8.58. The van der Waals surface area contributed by atoms with E-state index in [4.69, 9.17) is 26.4 Å². The topological polar surface area (TPSA) is 95.8 Å². The van der Waals surface area contributed by atoms with Gasteiger partial charge in [0.05, 0.1) is 33.6 Å². The number of halogens is 1. The number of ether oxygens (including phenoxy) is 1. The molecule has 2 aliphatic rings. The molecule has 11 heteroatoms. The molecule has 0 amide bonds. The van der Waals surface area contributed by atoms with Gasteiger partial charge in [0.25, 0.3) is 0 Å². The molecule has 3 aromatic carbocycles. The minimum absolute atomic E-state index is 0.408. The summed E-state index contributed by atoms with van der Waals surface area (Å²) in [4.78, 5) is 22.8. The third-order valence-corrected chi connectivity index (χ3v) is 11.4. The first-order valence-corrected chi connectivity index (χ1v) is 18.8. The molecule has 0 unspecified atom stereocenters. The van der Waals surface area contributed by atoms with Crippen molar-refractivity contribution in [3.8, 4) is 21.7 Å². The SMILES string of the molecule is Cc1cc2nc(-c3ccc4c(c3)c(C3CCN(C5CNC5)CC3)nn4CCN(C)C)sc2c(-c2ccc(Cl)cc2)c1[C@H](OC(C)(C)C)C(=O)O. The van der Waals surface area contributed by atoms with E-state index in [1.54, 1.807) is 11.3 Å². The highest BCUT2D eigenvalue weighted by molar-refractivity contribution is 7.22. The van der Waals surface area contributed by atoms with E-state index >= 15 is 0 Å². The highest BCUT2D eigenvalue weighted by Gasteiger charge is 2.33. The maximum absolute atomic E-state index is 12.8. The summed E-state index contributed by atoms with van der Waals surface area (Å²) in [7, 11) is 4.20. The quantitative estimate of drug-likeness (QED) is 0.153. The highest BCUT2D eigenvalue weighted by Crippen LogP contribution is 2.45. The van der Waals surface area contributed by atoms with Crippen LogP contribution < -0.4 is 5.32 Å². The molecule has 7 rings (SSSR count). The molecule has 2 fully saturated rings. The van der Waals surface area contributed by atoms with Crippen LogP contribution in [0.2, 0.25) is 5.02 Å². The van der Waals surface area contributed by atoms with Crippen molar-refractivity contribution in [3.05, 3.63) is 70.4 Å². The summed E-state index contributed by atoms with van der Waals surface area (Å²) in [6, 6.07) is 16.9. The molecule has 0 spiro atoms. The molecule has 5 aromatic rings. The van der Waals surface area contributed by atoms with Gasteiger partial charge in [0.1, 0.15) is 5.01 Å². The summed E-state index contributed by atoms with van der Waals surface area (Å²) in [6.45, 7) is 13.7. The molecule has 2 aromatic heterocycles. The molecule has 0 bridgehead atoms. The normalized spacial score (nSPS) is 17.2. The number of hydrogen-bond donors (Lipinski definition) is 2. The molecule has 0 saturated carbocycles. The number of fused-ring (bicyclic) bond motifs is 2. The van der Waals surface area contributed by atoms with Gasteiger partial charge in [0.2, 0.25) is 0 Å². The third kappa shape index (κ3) is 7.07. The molecule has 2 N–H and O–H groups in total. The van der Waals surface area contributed by atoms with Gasteiger partial charge in [-0.05, 0) is 115 Å². The first kappa shape index (κ1) is 35.0. The molecule has 50 heavy (non-hydrogen) atoms. The minimum Gasteiger partial charge on any atom is -0.479 e. The Balaban J connectivity index is 1.34. The van der Waals surface area contributed by atoms with Gasteiger partial charge in [0.15, 0.2) is 6.10 Å². The first-order valence-electron chi connectivity index (χ1n) is 17.6. The van der Waals surface area contributed by atoms with Crippen LogP contribution in [0.15, 0.2) is 48.5 Å². The second-order valence-electron chi connectivity index (χ2n) is 15.1. The number of aromatic nitrogens is 3. The highest BCUT2D eigenvalue weighted by atomic mass is 35.5. The molecule has 264 valence electrons. The van der Waals surface area contributed by atoms with Crippen LogP contribution in [0.5, 0.6) is 0 Å². The summed E-state index contributed by atoms with van der Waals surface area (Å²) in [5, 5.41) is 21.9.